The molecule has 1 N–H and O–H groups in total. The monoisotopic (exact) mass is 348 g/mol. The van der Waals surface area contributed by atoms with E-state index >= 15 is 0 Å². The van der Waals surface area contributed by atoms with Crippen molar-refractivity contribution in [3.05, 3.63) is 22.4 Å². The Hall–Kier alpha value is -0.820. The number of nitrogens with one attached hydrogen (secondary N) is 1. The van der Waals surface area contributed by atoms with E-state index in [-0.39, 0.29) is 11.7 Å². The molecule has 0 radical (unpaired) electrons. The van der Waals surface area contributed by atoms with E-state index in [9.17, 15) is 13.2 Å². The molecule has 1 saturated carbocycles. The van der Waals surface area contributed by atoms with Crippen LogP contribution in [0.15, 0.2) is 16.7 Å². The van der Waals surface area contributed by atoms with Gasteiger partial charge in [0, 0.05) is 29.5 Å². The van der Waals surface area contributed by atoms with E-state index in [1.54, 1.807) is 6.07 Å². The lowest BCUT2D eigenvalue weighted by Crippen LogP contribution is -2.27. The Morgan fingerprint density at radius 2 is 2.21 bits per heavy atom. The summed E-state index contributed by atoms with van der Waals surface area (Å²) in [6, 6.07) is 2.23. The molecule has 1 amide bonds. The molecule has 1 aromatic heterocycles. The zero-order chi connectivity index (χ0) is 14.0. The largest absolute Gasteiger partial charge is 0.351 e. The molecule has 0 aromatic carbocycles. The van der Waals surface area contributed by atoms with Crippen LogP contribution >= 0.6 is 15.9 Å². The zero-order valence-corrected chi connectivity index (χ0v) is 13.1. The molecule has 1 fully saturated rings. The van der Waals surface area contributed by atoms with Crippen LogP contribution in [0.5, 0.6) is 0 Å². The Kier molecular flexibility index (Phi) is 4.35. The Morgan fingerprint density at radius 1 is 1.53 bits per heavy atom. The number of nitrogens with zero attached hydrogens (tertiary/aromatic N) is 1. The molecule has 106 valence electrons. The van der Waals surface area contributed by atoms with Gasteiger partial charge in [0.2, 0.25) is 0 Å². The summed E-state index contributed by atoms with van der Waals surface area (Å²) in [5.74, 6) is -0.0493. The molecule has 2 rings (SSSR count). The fourth-order valence-electron chi connectivity index (χ4n) is 1.91. The number of hydrogen-bond acceptors (Lipinski definition) is 3. The fraction of sp³-hybridized carbons (Fsp3) is 0.583. The van der Waals surface area contributed by atoms with Crippen LogP contribution in [0.1, 0.15) is 35.8 Å². The molecule has 1 heterocycles. The van der Waals surface area contributed by atoms with Gasteiger partial charge in [-0.2, -0.15) is 0 Å². The number of aromatic nitrogens is 1. The molecule has 0 aliphatic heterocycles. The van der Waals surface area contributed by atoms with Crippen molar-refractivity contribution in [2.24, 2.45) is 0 Å². The average Bonchev–Trinajstić information content (AvgIpc) is 3.06. The SMILES string of the molecule is CS(=O)(=O)CCCNC(=O)c1cc(Br)cn1C1CC1. The van der Waals surface area contributed by atoms with Crippen LogP contribution in [0.25, 0.3) is 0 Å². The van der Waals surface area contributed by atoms with Crippen LogP contribution in [-0.2, 0) is 9.84 Å². The van der Waals surface area contributed by atoms with Crippen molar-refractivity contribution in [1.82, 2.24) is 9.88 Å². The van der Waals surface area contributed by atoms with Gasteiger partial charge >= 0.3 is 0 Å². The third kappa shape index (κ3) is 4.35. The molecule has 5 nitrogen and oxygen atoms in total. The first-order chi connectivity index (χ1) is 8.87. The molecule has 1 aromatic rings. The molecule has 0 unspecified atom stereocenters. The number of halogens is 1. The topological polar surface area (TPSA) is 68.2 Å². The zero-order valence-electron chi connectivity index (χ0n) is 10.7. The maximum atomic E-state index is 12.0. The van der Waals surface area contributed by atoms with Crippen LogP contribution < -0.4 is 5.32 Å². The van der Waals surface area contributed by atoms with E-state index in [0.29, 0.717) is 24.7 Å². The average molecular weight is 349 g/mol. The van der Waals surface area contributed by atoms with Crippen molar-refractivity contribution in [2.45, 2.75) is 25.3 Å². The van der Waals surface area contributed by atoms with E-state index in [1.165, 1.54) is 6.26 Å². The highest BCUT2D eigenvalue weighted by Gasteiger charge is 2.27. The second kappa shape index (κ2) is 5.66. The smallest absolute Gasteiger partial charge is 0.267 e. The number of sulfone groups is 1. The summed E-state index contributed by atoms with van der Waals surface area (Å²) in [5.41, 5.74) is 0.633. The molecule has 1 aliphatic rings. The highest BCUT2D eigenvalue weighted by Crippen LogP contribution is 2.37. The number of carbonyl (C=O) groups excluding carboxylic acids is 1. The Balaban J connectivity index is 1.89. The van der Waals surface area contributed by atoms with Gasteiger partial charge < -0.3 is 9.88 Å². The Morgan fingerprint density at radius 3 is 2.79 bits per heavy atom. The number of hydrogen-bond donors (Lipinski definition) is 1. The van der Waals surface area contributed by atoms with E-state index in [0.717, 1.165) is 17.3 Å². The molecule has 7 heteroatoms. The number of carbonyl (C=O) groups is 1. The van der Waals surface area contributed by atoms with Crippen LogP contribution in [0.3, 0.4) is 0 Å². The van der Waals surface area contributed by atoms with Crippen molar-refractivity contribution in [3.63, 3.8) is 0 Å². The lowest BCUT2D eigenvalue weighted by atomic mass is 10.3. The Labute approximate surface area is 121 Å². The third-order valence-electron chi connectivity index (χ3n) is 2.97. The lowest BCUT2D eigenvalue weighted by Gasteiger charge is -2.08. The van der Waals surface area contributed by atoms with Crippen molar-refractivity contribution in [3.8, 4) is 0 Å². The van der Waals surface area contributed by atoms with Crippen LogP contribution in [0.4, 0.5) is 0 Å². The van der Waals surface area contributed by atoms with E-state index in [1.807, 2.05) is 10.8 Å². The van der Waals surface area contributed by atoms with Gasteiger partial charge in [-0.25, -0.2) is 8.42 Å². The molecule has 0 bridgehead atoms. The van der Waals surface area contributed by atoms with Gasteiger partial charge in [-0.15, -0.1) is 0 Å². The highest BCUT2D eigenvalue weighted by atomic mass is 79.9. The van der Waals surface area contributed by atoms with Crippen LogP contribution in [0.2, 0.25) is 0 Å². The summed E-state index contributed by atoms with van der Waals surface area (Å²) >= 11 is 3.38. The summed E-state index contributed by atoms with van der Waals surface area (Å²) in [6.07, 6.45) is 5.77. The van der Waals surface area contributed by atoms with Crippen LogP contribution in [0, 0.1) is 0 Å². The highest BCUT2D eigenvalue weighted by molar-refractivity contribution is 9.10. The first kappa shape index (κ1) is 14.6. The maximum Gasteiger partial charge on any atom is 0.267 e. The normalized spacial score (nSPS) is 15.5. The van der Waals surface area contributed by atoms with Gasteiger partial charge in [0.05, 0.1) is 5.75 Å². The third-order valence-corrected chi connectivity index (χ3v) is 4.43. The molecular weight excluding hydrogens is 332 g/mol. The first-order valence-electron chi connectivity index (χ1n) is 6.20. The first-order valence-corrected chi connectivity index (χ1v) is 9.05. The van der Waals surface area contributed by atoms with Crippen molar-refractivity contribution >= 4 is 31.7 Å². The van der Waals surface area contributed by atoms with Gasteiger partial charge in [-0.05, 0) is 41.3 Å². The van der Waals surface area contributed by atoms with Crippen molar-refractivity contribution in [1.29, 1.82) is 0 Å². The molecular formula is C12H17BrN2O3S. The summed E-state index contributed by atoms with van der Waals surface area (Å²) in [7, 11) is -2.96. The summed E-state index contributed by atoms with van der Waals surface area (Å²) < 4.78 is 24.8. The summed E-state index contributed by atoms with van der Waals surface area (Å²) in [5, 5.41) is 2.76. The number of rotatable bonds is 6. The predicted octanol–water partition coefficient (Wildman–Crippen LogP) is 1.75. The Bertz CT molecular complexity index is 576. The minimum Gasteiger partial charge on any atom is -0.351 e. The van der Waals surface area contributed by atoms with Gasteiger partial charge in [0.15, 0.2) is 0 Å². The standard InChI is InChI=1S/C12H17BrN2O3S/c1-19(17,18)6-2-5-14-12(16)11-7-9(13)8-15(11)10-3-4-10/h7-8,10H,2-6H2,1H3,(H,14,16). The predicted molar refractivity (Wildman–Crippen MR) is 77.1 cm³/mol. The van der Waals surface area contributed by atoms with Gasteiger partial charge in [-0.1, -0.05) is 0 Å². The quantitative estimate of drug-likeness (QED) is 0.796. The van der Waals surface area contributed by atoms with Gasteiger partial charge in [-0.3, -0.25) is 4.79 Å². The van der Waals surface area contributed by atoms with Crippen LogP contribution in [-0.4, -0.2) is 37.4 Å². The lowest BCUT2D eigenvalue weighted by molar-refractivity contribution is 0.0944. The minimum absolute atomic E-state index is 0.0978. The van der Waals surface area contributed by atoms with E-state index in [4.69, 9.17) is 0 Å². The minimum atomic E-state index is -2.96. The van der Waals surface area contributed by atoms with Gasteiger partial charge in [0.25, 0.3) is 5.91 Å². The molecule has 19 heavy (non-hydrogen) atoms. The molecule has 0 atom stereocenters. The molecule has 0 saturated heterocycles. The fourth-order valence-corrected chi connectivity index (χ4v) is 3.02. The summed E-state index contributed by atoms with van der Waals surface area (Å²) in [6.45, 7) is 0.374. The van der Waals surface area contributed by atoms with E-state index < -0.39 is 9.84 Å². The molecule has 0 spiro atoms. The maximum absolute atomic E-state index is 12.0. The summed E-state index contributed by atoms with van der Waals surface area (Å²) in [4.78, 5) is 12.0. The van der Waals surface area contributed by atoms with E-state index in [2.05, 4.69) is 21.2 Å². The van der Waals surface area contributed by atoms with Crippen molar-refractivity contribution < 1.29 is 13.2 Å². The second-order valence-electron chi connectivity index (χ2n) is 4.92. The van der Waals surface area contributed by atoms with Gasteiger partial charge in [0.1, 0.15) is 15.5 Å². The van der Waals surface area contributed by atoms with Crippen molar-refractivity contribution in [2.75, 3.05) is 18.6 Å². The molecule has 1 aliphatic carbocycles. The number of amides is 1. The second-order valence-corrected chi connectivity index (χ2v) is 8.10.